The Labute approximate surface area is 186 Å². The monoisotopic (exact) mass is 454 g/mol. The van der Waals surface area contributed by atoms with Gasteiger partial charge in [0.2, 0.25) is 5.91 Å². The SMILES string of the molecule is COc1ccc(NC(=O)C2COCCN2)cc1OCc1cn2ccccc2n1.Cl.Cl. The van der Waals surface area contributed by atoms with Crippen molar-refractivity contribution in [1.29, 1.82) is 0 Å². The van der Waals surface area contributed by atoms with Crippen molar-refractivity contribution in [2.45, 2.75) is 12.6 Å². The Bertz CT molecular complexity index is 943. The zero-order valence-electron chi connectivity index (χ0n) is 16.4. The quantitative estimate of drug-likeness (QED) is 0.595. The van der Waals surface area contributed by atoms with Crippen LogP contribution in [-0.2, 0) is 16.1 Å². The molecule has 4 rings (SSSR count). The second-order valence-corrected chi connectivity index (χ2v) is 6.42. The van der Waals surface area contributed by atoms with Gasteiger partial charge in [-0.2, -0.15) is 0 Å². The first-order valence-corrected chi connectivity index (χ1v) is 9.08. The molecule has 1 aromatic carbocycles. The molecule has 0 radical (unpaired) electrons. The van der Waals surface area contributed by atoms with Gasteiger partial charge in [-0.1, -0.05) is 6.07 Å². The molecule has 0 bridgehead atoms. The number of carbonyl (C=O) groups excluding carboxylic acids is 1. The highest BCUT2D eigenvalue weighted by molar-refractivity contribution is 5.95. The van der Waals surface area contributed by atoms with Crippen LogP contribution in [0.2, 0.25) is 0 Å². The zero-order valence-corrected chi connectivity index (χ0v) is 18.0. The molecule has 1 aliphatic heterocycles. The molecule has 1 aliphatic rings. The molecule has 8 nitrogen and oxygen atoms in total. The van der Waals surface area contributed by atoms with Gasteiger partial charge in [-0.15, -0.1) is 24.8 Å². The fraction of sp³-hybridized carbons (Fsp3) is 0.300. The van der Waals surface area contributed by atoms with Crippen LogP contribution in [0.5, 0.6) is 11.5 Å². The summed E-state index contributed by atoms with van der Waals surface area (Å²) < 4.78 is 18.6. The van der Waals surface area contributed by atoms with Gasteiger partial charge in [0, 0.05) is 30.7 Å². The standard InChI is InChI=1S/C20H22N4O4.2ClH/c1-26-17-6-5-14(23-20(25)16-13-27-9-7-21-16)10-18(17)28-12-15-11-24-8-3-2-4-19(24)22-15;;/h2-6,8,10-11,16,21H,7,9,12-13H2,1H3,(H,23,25);2*1H. The molecular weight excluding hydrogens is 431 g/mol. The van der Waals surface area contributed by atoms with Crippen LogP contribution in [0.4, 0.5) is 5.69 Å². The van der Waals surface area contributed by atoms with E-state index in [-0.39, 0.29) is 43.4 Å². The number of anilines is 1. The maximum absolute atomic E-state index is 12.4. The lowest BCUT2D eigenvalue weighted by atomic mass is 10.2. The van der Waals surface area contributed by atoms with Crippen LogP contribution in [0.15, 0.2) is 48.8 Å². The minimum atomic E-state index is -0.363. The van der Waals surface area contributed by atoms with Crippen molar-refractivity contribution in [2.75, 3.05) is 32.2 Å². The third kappa shape index (κ3) is 5.54. The summed E-state index contributed by atoms with van der Waals surface area (Å²) in [4.78, 5) is 16.9. The van der Waals surface area contributed by atoms with Crippen molar-refractivity contribution >= 4 is 42.1 Å². The van der Waals surface area contributed by atoms with Gasteiger partial charge in [0.05, 0.1) is 26.0 Å². The highest BCUT2D eigenvalue weighted by Gasteiger charge is 2.21. The smallest absolute Gasteiger partial charge is 0.243 e. The molecular formula is C20H24Cl2N4O4. The Morgan fingerprint density at radius 2 is 2.17 bits per heavy atom. The van der Waals surface area contributed by atoms with Gasteiger partial charge in [0.1, 0.15) is 18.3 Å². The van der Waals surface area contributed by atoms with Crippen LogP contribution >= 0.6 is 24.8 Å². The molecule has 162 valence electrons. The molecule has 3 heterocycles. The average molecular weight is 455 g/mol. The number of aromatic nitrogens is 2. The maximum atomic E-state index is 12.4. The molecule has 10 heteroatoms. The Morgan fingerprint density at radius 1 is 1.30 bits per heavy atom. The molecule has 1 amide bonds. The summed E-state index contributed by atoms with van der Waals surface area (Å²) in [6, 6.07) is 10.7. The number of methoxy groups -OCH3 is 1. The number of nitrogens with zero attached hydrogens (tertiary/aromatic N) is 2. The van der Waals surface area contributed by atoms with E-state index in [1.807, 2.05) is 35.0 Å². The summed E-state index contributed by atoms with van der Waals surface area (Å²) >= 11 is 0. The molecule has 1 atom stereocenters. The molecule has 0 spiro atoms. The van der Waals surface area contributed by atoms with Crippen LogP contribution < -0.4 is 20.1 Å². The number of halogens is 2. The summed E-state index contributed by atoms with van der Waals surface area (Å²) in [5, 5.41) is 6.02. The molecule has 2 N–H and O–H groups in total. The Kier molecular flexibility index (Phi) is 8.73. The number of imidazole rings is 1. The van der Waals surface area contributed by atoms with Crippen molar-refractivity contribution in [3.63, 3.8) is 0 Å². The predicted octanol–water partition coefficient (Wildman–Crippen LogP) is 2.69. The molecule has 1 saturated heterocycles. The van der Waals surface area contributed by atoms with E-state index in [4.69, 9.17) is 14.2 Å². The Morgan fingerprint density at radius 3 is 2.90 bits per heavy atom. The number of morpholine rings is 1. The fourth-order valence-electron chi connectivity index (χ4n) is 3.04. The van der Waals surface area contributed by atoms with Gasteiger partial charge in [-0.3, -0.25) is 4.79 Å². The first kappa shape index (κ1) is 23.8. The van der Waals surface area contributed by atoms with Crippen molar-refractivity contribution in [3.05, 3.63) is 54.5 Å². The number of hydrogen-bond acceptors (Lipinski definition) is 6. The number of pyridine rings is 1. The number of fused-ring (bicyclic) bond motifs is 1. The van der Waals surface area contributed by atoms with Gasteiger partial charge in [0.25, 0.3) is 0 Å². The van der Waals surface area contributed by atoms with Gasteiger partial charge in [-0.25, -0.2) is 4.98 Å². The lowest BCUT2D eigenvalue weighted by Crippen LogP contribution is -2.48. The first-order valence-electron chi connectivity index (χ1n) is 9.08. The van der Waals surface area contributed by atoms with Crippen molar-refractivity contribution in [3.8, 4) is 11.5 Å². The Balaban J connectivity index is 0.00000160. The van der Waals surface area contributed by atoms with Crippen LogP contribution in [0.3, 0.4) is 0 Å². The largest absolute Gasteiger partial charge is 0.493 e. The van der Waals surface area contributed by atoms with Crippen LogP contribution in [0, 0.1) is 0 Å². The highest BCUT2D eigenvalue weighted by Crippen LogP contribution is 2.31. The summed E-state index contributed by atoms with van der Waals surface area (Å²) in [5.74, 6) is 0.974. The third-order valence-corrected chi connectivity index (χ3v) is 4.46. The molecule has 1 unspecified atom stereocenters. The van der Waals surface area contributed by atoms with Crippen molar-refractivity contribution in [1.82, 2.24) is 14.7 Å². The second kappa shape index (κ2) is 11.0. The van der Waals surface area contributed by atoms with Gasteiger partial charge >= 0.3 is 0 Å². The number of carbonyl (C=O) groups is 1. The number of hydrogen-bond donors (Lipinski definition) is 2. The summed E-state index contributed by atoms with van der Waals surface area (Å²) in [7, 11) is 1.58. The van der Waals surface area contributed by atoms with E-state index in [1.165, 1.54) is 0 Å². The van der Waals surface area contributed by atoms with Crippen LogP contribution in [0.25, 0.3) is 5.65 Å². The number of nitrogens with one attached hydrogen (secondary N) is 2. The molecule has 2 aromatic heterocycles. The van der Waals surface area contributed by atoms with Gasteiger partial charge in [-0.05, 0) is 24.3 Å². The van der Waals surface area contributed by atoms with Crippen molar-refractivity contribution < 1.29 is 19.0 Å². The van der Waals surface area contributed by atoms with E-state index < -0.39 is 0 Å². The van der Waals surface area contributed by atoms with Gasteiger partial charge in [0.15, 0.2) is 11.5 Å². The zero-order chi connectivity index (χ0) is 19.3. The van der Waals surface area contributed by atoms with E-state index in [0.29, 0.717) is 36.9 Å². The third-order valence-electron chi connectivity index (χ3n) is 4.46. The maximum Gasteiger partial charge on any atom is 0.243 e. The van der Waals surface area contributed by atoms with E-state index in [2.05, 4.69) is 15.6 Å². The summed E-state index contributed by atoms with van der Waals surface area (Å²) in [5.41, 5.74) is 2.28. The number of benzene rings is 1. The van der Waals surface area contributed by atoms with E-state index in [9.17, 15) is 4.79 Å². The number of ether oxygens (including phenoxy) is 3. The molecule has 3 aromatic rings. The first-order chi connectivity index (χ1) is 13.7. The van der Waals surface area contributed by atoms with E-state index in [1.54, 1.807) is 25.3 Å². The molecule has 0 aliphatic carbocycles. The second-order valence-electron chi connectivity index (χ2n) is 6.42. The summed E-state index contributed by atoms with van der Waals surface area (Å²) in [6.07, 6.45) is 3.85. The lowest BCUT2D eigenvalue weighted by molar-refractivity contribution is -0.120. The normalized spacial score (nSPS) is 15.6. The minimum Gasteiger partial charge on any atom is -0.493 e. The van der Waals surface area contributed by atoms with E-state index >= 15 is 0 Å². The van der Waals surface area contributed by atoms with Gasteiger partial charge < -0.3 is 29.2 Å². The Hall–Kier alpha value is -2.52. The van der Waals surface area contributed by atoms with Crippen LogP contribution in [0.1, 0.15) is 5.69 Å². The highest BCUT2D eigenvalue weighted by atomic mass is 35.5. The fourth-order valence-corrected chi connectivity index (χ4v) is 3.04. The number of amides is 1. The number of rotatable bonds is 6. The van der Waals surface area contributed by atoms with Crippen molar-refractivity contribution in [2.24, 2.45) is 0 Å². The minimum absolute atomic E-state index is 0. The molecule has 1 fully saturated rings. The lowest BCUT2D eigenvalue weighted by Gasteiger charge is -2.23. The molecule has 30 heavy (non-hydrogen) atoms. The topological polar surface area (TPSA) is 86.1 Å². The predicted molar refractivity (Wildman–Crippen MR) is 118 cm³/mol. The van der Waals surface area contributed by atoms with E-state index in [0.717, 1.165) is 11.3 Å². The summed E-state index contributed by atoms with van der Waals surface area (Å²) in [6.45, 7) is 1.92. The molecule has 0 saturated carbocycles. The van der Waals surface area contributed by atoms with Crippen LogP contribution in [-0.4, -0.2) is 48.2 Å². The average Bonchev–Trinajstić information content (AvgIpc) is 3.16.